The molecule has 1 saturated carbocycles. The molecule has 2 rings (SSSR count). The van der Waals surface area contributed by atoms with Gasteiger partial charge < -0.3 is 5.11 Å². The fourth-order valence-corrected chi connectivity index (χ4v) is 3.27. The highest BCUT2D eigenvalue weighted by Crippen LogP contribution is 2.36. The fraction of sp³-hybridized carbons (Fsp3) is 0.625. The third-order valence-electron chi connectivity index (χ3n) is 4.43. The fourth-order valence-electron chi connectivity index (χ4n) is 3.27. The van der Waals surface area contributed by atoms with Crippen LogP contribution >= 0.6 is 0 Å². The summed E-state index contributed by atoms with van der Waals surface area (Å²) in [4.78, 5) is 2.47. The van der Waals surface area contributed by atoms with Gasteiger partial charge in [0.15, 0.2) is 0 Å². The number of benzene rings is 1. The van der Waals surface area contributed by atoms with E-state index in [2.05, 4.69) is 42.3 Å². The molecule has 1 N–H and O–H groups in total. The topological polar surface area (TPSA) is 23.5 Å². The smallest absolute Gasteiger partial charge is 0.0448 e. The molecule has 0 aromatic heterocycles. The molecular formula is C16H25NO. The Hall–Kier alpha value is -0.860. The molecule has 1 aliphatic carbocycles. The lowest BCUT2D eigenvalue weighted by molar-refractivity contribution is 0.0426. The van der Waals surface area contributed by atoms with Crippen molar-refractivity contribution in [2.45, 2.75) is 50.6 Å². The minimum Gasteiger partial charge on any atom is -0.396 e. The van der Waals surface area contributed by atoms with E-state index in [1.165, 1.54) is 37.7 Å². The van der Waals surface area contributed by atoms with E-state index in [0.29, 0.717) is 6.61 Å². The van der Waals surface area contributed by atoms with Crippen molar-refractivity contribution in [3.63, 3.8) is 0 Å². The predicted octanol–water partition coefficient (Wildman–Crippen LogP) is 3.20. The minimum absolute atomic E-state index is 0.225. The first-order valence-corrected chi connectivity index (χ1v) is 7.13. The molecule has 18 heavy (non-hydrogen) atoms. The zero-order valence-corrected chi connectivity index (χ0v) is 11.4. The van der Waals surface area contributed by atoms with Crippen LogP contribution < -0.4 is 0 Å². The number of nitrogens with zero attached hydrogens (tertiary/aromatic N) is 1. The van der Waals surface area contributed by atoms with E-state index in [1.807, 2.05) is 0 Å². The first kappa shape index (κ1) is 13.6. The summed E-state index contributed by atoms with van der Waals surface area (Å²) in [5.41, 5.74) is 1.59. The molecule has 1 aromatic rings. The predicted molar refractivity (Wildman–Crippen MR) is 75.4 cm³/mol. The quantitative estimate of drug-likeness (QED) is 0.863. The van der Waals surface area contributed by atoms with E-state index in [1.54, 1.807) is 0 Å². The normalized spacial score (nSPS) is 19.1. The number of aliphatic hydroxyl groups is 1. The van der Waals surface area contributed by atoms with E-state index in [9.17, 15) is 5.11 Å². The summed E-state index contributed by atoms with van der Waals surface area (Å²) in [6.07, 6.45) is 7.34. The molecule has 0 bridgehead atoms. The number of rotatable bonds is 5. The first-order chi connectivity index (χ1) is 8.77. The van der Waals surface area contributed by atoms with Gasteiger partial charge in [0.05, 0.1) is 0 Å². The Kier molecular flexibility index (Phi) is 4.79. The van der Waals surface area contributed by atoms with Crippen LogP contribution in [0.5, 0.6) is 0 Å². The van der Waals surface area contributed by atoms with Gasteiger partial charge >= 0.3 is 0 Å². The lowest BCUT2D eigenvalue weighted by atomic mass is 9.78. The third kappa shape index (κ3) is 3.12. The zero-order valence-electron chi connectivity index (χ0n) is 11.4. The molecule has 1 aliphatic rings. The SMILES string of the molecule is CN(Cc1ccccc1)C1(CCO)CCCCC1. The van der Waals surface area contributed by atoms with Gasteiger partial charge in [-0.05, 0) is 31.9 Å². The monoisotopic (exact) mass is 247 g/mol. The Bertz CT molecular complexity index is 338. The van der Waals surface area contributed by atoms with Crippen LogP contribution in [-0.2, 0) is 6.54 Å². The summed E-state index contributed by atoms with van der Waals surface area (Å²) in [5.74, 6) is 0. The average Bonchev–Trinajstić information content (AvgIpc) is 2.41. The van der Waals surface area contributed by atoms with E-state index in [4.69, 9.17) is 0 Å². The van der Waals surface area contributed by atoms with Crippen LogP contribution in [0.1, 0.15) is 44.1 Å². The average molecular weight is 247 g/mol. The highest BCUT2D eigenvalue weighted by Gasteiger charge is 2.35. The van der Waals surface area contributed by atoms with Crippen molar-refractivity contribution in [1.29, 1.82) is 0 Å². The van der Waals surface area contributed by atoms with E-state index in [0.717, 1.165) is 13.0 Å². The Morgan fingerprint density at radius 2 is 1.78 bits per heavy atom. The third-order valence-corrected chi connectivity index (χ3v) is 4.43. The molecule has 0 atom stereocenters. The molecule has 2 heteroatoms. The largest absolute Gasteiger partial charge is 0.396 e. The van der Waals surface area contributed by atoms with Crippen LogP contribution in [0.4, 0.5) is 0 Å². The lowest BCUT2D eigenvalue weighted by Gasteiger charge is -2.45. The van der Waals surface area contributed by atoms with Crippen molar-refractivity contribution in [2.24, 2.45) is 0 Å². The standard InChI is InChI=1S/C16H25NO/c1-17(14-15-8-4-2-5-9-15)16(12-13-18)10-6-3-7-11-16/h2,4-5,8-9,18H,3,6-7,10-14H2,1H3. The molecule has 0 saturated heterocycles. The van der Waals surface area contributed by atoms with Gasteiger partial charge in [-0.1, -0.05) is 49.6 Å². The molecule has 0 radical (unpaired) electrons. The lowest BCUT2D eigenvalue weighted by Crippen LogP contribution is -2.48. The first-order valence-electron chi connectivity index (χ1n) is 7.13. The maximum absolute atomic E-state index is 9.37. The van der Waals surface area contributed by atoms with Gasteiger partial charge in [-0.15, -0.1) is 0 Å². The van der Waals surface area contributed by atoms with Gasteiger partial charge in [-0.25, -0.2) is 0 Å². The molecule has 1 fully saturated rings. The summed E-state index contributed by atoms with van der Waals surface area (Å²) >= 11 is 0. The van der Waals surface area contributed by atoms with Crippen molar-refractivity contribution in [2.75, 3.05) is 13.7 Å². The summed E-state index contributed by atoms with van der Waals surface area (Å²) in [5, 5.41) is 9.37. The van der Waals surface area contributed by atoms with E-state index >= 15 is 0 Å². The number of hydrogen-bond donors (Lipinski definition) is 1. The van der Waals surface area contributed by atoms with Gasteiger partial charge in [0.1, 0.15) is 0 Å². The van der Waals surface area contributed by atoms with Crippen molar-refractivity contribution in [3.05, 3.63) is 35.9 Å². The number of hydrogen-bond acceptors (Lipinski definition) is 2. The molecule has 0 heterocycles. The van der Waals surface area contributed by atoms with Crippen molar-refractivity contribution < 1.29 is 5.11 Å². The highest BCUT2D eigenvalue weighted by atomic mass is 16.3. The van der Waals surface area contributed by atoms with E-state index in [-0.39, 0.29) is 5.54 Å². The molecule has 0 amide bonds. The zero-order chi connectivity index (χ0) is 12.8. The van der Waals surface area contributed by atoms with Crippen molar-refractivity contribution in [1.82, 2.24) is 4.90 Å². The maximum atomic E-state index is 9.37. The second-order valence-corrected chi connectivity index (χ2v) is 5.60. The number of aliphatic hydroxyl groups excluding tert-OH is 1. The second-order valence-electron chi connectivity index (χ2n) is 5.60. The molecule has 100 valence electrons. The van der Waals surface area contributed by atoms with Gasteiger partial charge in [-0.2, -0.15) is 0 Å². The Labute approximate surface area is 111 Å². The summed E-state index contributed by atoms with van der Waals surface area (Å²) in [7, 11) is 2.22. The summed E-state index contributed by atoms with van der Waals surface area (Å²) < 4.78 is 0. The van der Waals surface area contributed by atoms with Gasteiger partial charge in [0.25, 0.3) is 0 Å². The van der Waals surface area contributed by atoms with Crippen molar-refractivity contribution in [3.8, 4) is 0 Å². The highest BCUT2D eigenvalue weighted by molar-refractivity contribution is 5.15. The van der Waals surface area contributed by atoms with Gasteiger partial charge in [-0.3, -0.25) is 4.90 Å². The second kappa shape index (κ2) is 6.35. The van der Waals surface area contributed by atoms with Gasteiger partial charge in [0.2, 0.25) is 0 Å². The molecule has 1 aromatic carbocycles. The van der Waals surface area contributed by atoms with Crippen LogP contribution in [0.2, 0.25) is 0 Å². The molecule has 0 unspecified atom stereocenters. The van der Waals surface area contributed by atoms with Gasteiger partial charge in [0, 0.05) is 18.7 Å². The minimum atomic E-state index is 0.225. The molecule has 0 spiro atoms. The maximum Gasteiger partial charge on any atom is 0.0448 e. The van der Waals surface area contributed by atoms with Crippen LogP contribution in [0.25, 0.3) is 0 Å². The molecule has 0 aliphatic heterocycles. The van der Waals surface area contributed by atoms with E-state index < -0.39 is 0 Å². The van der Waals surface area contributed by atoms with Crippen LogP contribution in [0.15, 0.2) is 30.3 Å². The van der Waals surface area contributed by atoms with Crippen LogP contribution in [0, 0.1) is 0 Å². The van der Waals surface area contributed by atoms with Crippen LogP contribution in [-0.4, -0.2) is 29.2 Å². The molecular weight excluding hydrogens is 222 g/mol. The molecule has 2 nitrogen and oxygen atoms in total. The summed E-state index contributed by atoms with van der Waals surface area (Å²) in [6, 6.07) is 10.6. The Morgan fingerprint density at radius 3 is 2.39 bits per heavy atom. The van der Waals surface area contributed by atoms with Crippen molar-refractivity contribution >= 4 is 0 Å². The Balaban J connectivity index is 2.05. The summed E-state index contributed by atoms with van der Waals surface area (Å²) in [6.45, 7) is 1.29. The van der Waals surface area contributed by atoms with Crippen LogP contribution in [0.3, 0.4) is 0 Å². The Morgan fingerprint density at radius 1 is 1.11 bits per heavy atom.